The monoisotopic (exact) mass is 446 g/mol. The lowest BCUT2D eigenvalue weighted by Crippen LogP contribution is -2.36. The number of hydrogen-bond acceptors (Lipinski definition) is 5. The van der Waals surface area contributed by atoms with Crippen LogP contribution in [0.25, 0.3) is 6.08 Å². The van der Waals surface area contributed by atoms with Crippen LogP contribution in [0.15, 0.2) is 54.2 Å². The van der Waals surface area contributed by atoms with Crippen LogP contribution in [0, 0.1) is 5.92 Å². The SMILES string of the molecule is O=C(NCCO)/C(=C\c1ccc(OC(F)F)cc1)NC(=O)c1ccc(OCC2CC2)cc1. The number of aliphatic hydroxyl groups is 1. The van der Waals surface area contributed by atoms with E-state index in [2.05, 4.69) is 15.4 Å². The minimum absolute atomic E-state index is 0.000238. The van der Waals surface area contributed by atoms with Gasteiger partial charge in [-0.05, 0) is 66.8 Å². The Morgan fingerprint density at radius 2 is 1.72 bits per heavy atom. The topological polar surface area (TPSA) is 96.9 Å². The predicted molar refractivity (Wildman–Crippen MR) is 113 cm³/mol. The van der Waals surface area contributed by atoms with Crippen molar-refractivity contribution >= 4 is 17.9 Å². The highest BCUT2D eigenvalue weighted by molar-refractivity contribution is 6.05. The molecule has 1 aliphatic carbocycles. The second kappa shape index (κ2) is 11.2. The van der Waals surface area contributed by atoms with Crippen LogP contribution in [0.1, 0.15) is 28.8 Å². The standard InChI is InChI=1S/C23H24F2N2O5/c24-23(25)32-19-7-3-15(4-8-19)13-20(22(30)26-11-12-28)27-21(29)17-5-9-18(10-6-17)31-14-16-1-2-16/h3-10,13,16,23,28H,1-2,11-12,14H2,(H,26,30)(H,27,29)/b20-13+. The van der Waals surface area contributed by atoms with Gasteiger partial charge in [0.1, 0.15) is 17.2 Å². The van der Waals surface area contributed by atoms with Crippen LogP contribution in [-0.2, 0) is 4.79 Å². The van der Waals surface area contributed by atoms with Gasteiger partial charge in [-0.15, -0.1) is 0 Å². The van der Waals surface area contributed by atoms with Crippen LogP contribution in [0.3, 0.4) is 0 Å². The Kier molecular flexibility index (Phi) is 8.15. The molecule has 3 N–H and O–H groups in total. The number of nitrogens with one attached hydrogen (secondary N) is 2. The highest BCUT2D eigenvalue weighted by Gasteiger charge is 2.22. The van der Waals surface area contributed by atoms with Gasteiger partial charge in [-0.25, -0.2) is 0 Å². The van der Waals surface area contributed by atoms with Gasteiger partial charge in [0.05, 0.1) is 13.2 Å². The fraction of sp³-hybridized carbons (Fsp3) is 0.304. The number of aliphatic hydroxyl groups excluding tert-OH is 1. The first kappa shape index (κ1) is 23.2. The van der Waals surface area contributed by atoms with Crippen LogP contribution in [0.2, 0.25) is 0 Å². The molecule has 0 atom stereocenters. The Morgan fingerprint density at radius 3 is 2.31 bits per heavy atom. The molecule has 0 aromatic heterocycles. The number of amides is 2. The average molecular weight is 446 g/mol. The highest BCUT2D eigenvalue weighted by Crippen LogP contribution is 2.29. The largest absolute Gasteiger partial charge is 0.493 e. The Morgan fingerprint density at radius 1 is 1.06 bits per heavy atom. The first-order valence-electron chi connectivity index (χ1n) is 10.1. The van der Waals surface area contributed by atoms with Crippen LogP contribution in [-0.4, -0.2) is 43.3 Å². The summed E-state index contributed by atoms with van der Waals surface area (Å²) in [5.74, 6) is 0.123. The fourth-order valence-electron chi connectivity index (χ4n) is 2.73. The maximum Gasteiger partial charge on any atom is 0.387 e. The lowest BCUT2D eigenvalue weighted by Gasteiger charge is -2.11. The van der Waals surface area contributed by atoms with Crippen molar-refractivity contribution in [1.29, 1.82) is 0 Å². The van der Waals surface area contributed by atoms with Crippen molar-refractivity contribution < 1.29 is 33.0 Å². The molecule has 0 aliphatic heterocycles. The van der Waals surface area contributed by atoms with Crippen molar-refractivity contribution in [3.8, 4) is 11.5 Å². The molecule has 2 aromatic carbocycles. The number of carbonyl (C=O) groups excluding carboxylic acids is 2. The third kappa shape index (κ3) is 7.35. The average Bonchev–Trinajstić information content (AvgIpc) is 3.61. The van der Waals surface area contributed by atoms with Crippen LogP contribution >= 0.6 is 0 Å². The van der Waals surface area contributed by atoms with Crippen molar-refractivity contribution in [2.45, 2.75) is 19.5 Å². The predicted octanol–water partition coefficient (Wildman–Crippen LogP) is 2.96. The molecule has 0 bridgehead atoms. The molecule has 1 fully saturated rings. The molecule has 170 valence electrons. The van der Waals surface area contributed by atoms with E-state index in [4.69, 9.17) is 9.84 Å². The zero-order valence-corrected chi connectivity index (χ0v) is 17.2. The quantitative estimate of drug-likeness (QED) is 0.461. The minimum Gasteiger partial charge on any atom is -0.493 e. The maximum absolute atomic E-state index is 12.7. The molecule has 2 amide bonds. The molecule has 0 saturated heterocycles. The summed E-state index contributed by atoms with van der Waals surface area (Å²) in [5, 5.41) is 14.0. The van der Waals surface area contributed by atoms with Crippen molar-refractivity contribution in [2.24, 2.45) is 5.92 Å². The molecule has 0 spiro atoms. The molecule has 0 unspecified atom stereocenters. The molecule has 0 heterocycles. The second-order valence-electron chi connectivity index (χ2n) is 7.22. The molecular weight excluding hydrogens is 422 g/mol. The summed E-state index contributed by atoms with van der Waals surface area (Å²) in [6, 6.07) is 12.1. The zero-order chi connectivity index (χ0) is 22.9. The summed E-state index contributed by atoms with van der Waals surface area (Å²) < 4.78 is 34.6. The van der Waals surface area contributed by atoms with Gasteiger partial charge in [-0.1, -0.05) is 12.1 Å². The number of benzene rings is 2. The lowest BCUT2D eigenvalue weighted by atomic mass is 10.1. The van der Waals surface area contributed by atoms with E-state index in [0.717, 1.165) is 0 Å². The molecule has 3 rings (SSSR count). The van der Waals surface area contributed by atoms with Crippen LogP contribution in [0.4, 0.5) is 8.78 Å². The van der Waals surface area contributed by atoms with Crippen LogP contribution < -0.4 is 20.1 Å². The Balaban J connectivity index is 1.70. The summed E-state index contributed by atoms with van der Waals surface area (Å²) >= 11 is 0. The van der Waals surface area contributed by atoms with Gasteiger partial charge in [-0.3, -0.25) is 9.59 Å². The normalized spacial score (nSPS) is 13.6. The number of halogens is 2. The van der Waals surface area contributed by atoms with Crippen molar-refractivity contribution in [3.05, 3.63) is 65.4 Å². The number of ether oxygens (including phenoxy) is 2. The number of hydrogen-bond donors (Lipinski definition) is 3. The highest BCUT2D eigenvalue weighted by atomic mass is 19.3. The van der Waals surface area contributed by atoms with Crippen molar-refractivity contribution in [1.82, 2.24) is 10.6 Å². The van der Waals surface area contributed by atoms with Crippen LogP contribution in [0.5, 0.6) is 11.5 Å². The molecule has 32 heavy (non-hydrogen) atoms. The second-order valence-corrected chi connectivity index (χ2v) is 7.22. The molecule has 1 saturated carbocycles. The van der Waals surface area contributed by atoms with Crippen molar-refractivity contribution in [2.75, 3.05) is 19.8 Å². The third-order valence-electron chi connectivity index (χ3n) is 4.61. The number of alkyl halides is 2. The van der Waals surface area contributed by atoms with E-state index in [1.165, 1.54) is 43.2 Å². The van der Waals surface area contributed by atoms with E-state index >= 15 is 0 Å². The van der Waals surface area contributed by atoms with E-state index in [9.17, 15) is 18.4 Å². The molecule has 0 radical (unpaired) electrons. The Bertz CT molecular complexity index is 942. The minimum atomic E-state index is -2.94. The van der Waals surface area contributed by atoms with Gasteiger partial charge in [0.15, 0.2) is 0 Å². The van der Waals surface area contributed by atoms with Crippen molar-refractivity contribution in [3.63, 3.8) is 0 Å². The third-order valence-corrected chi connectivity index (χ3v) is 4.61. The fourth-order valence-corrected chi connectivity index (χ4v) is 2.73. The van der Waals surface area contributed by atoms with Gasteiger partial charge in [0.2, 0.25) is 0 Å². The lowest BCUT2D eigenvalue weighted by molar-refractivity contribution is -0.117. The maximum atomic E-state index is 12.7. The van der Waals surface area contributed by atoms with E-state index in [0.29, 0.717) is 29.4 Å². The molecule has 7 nitrogen and oxygen atoms in total. The first-order valence-corrected chi connectivity index (χ1v) is 10.1. The Hall–Kier alpha value is -3.46. The smallest absolute Gasteiger partial charge is 0.387 e. The van der Waals surface area contributed by atoms with Gasteiger partial charge < -0.3 is 25.2 Å². The first-order chi connectivity index (χ1) is 15.4. The summed E-state index contributed by atoms with van der Waals surface area (Å²) in [7, 11) is 0. The Labute approximate surface area is 184 Å². The molecule has 2 aromatic rings. The van der Waals surface area contributed by atoms with Gasteiger partial charge >= 0.3 is 6.61 Å². The summed E-state index contributed by atoms with van der Waals surface area (Å²) in [5.41, 5.74) is 0.732. The van der Waals surface area contributed by atoms with Gasteiger partial charge in [-0.2, -0.15) is 8.78 Å². The summed E-state index contributed by atoms with van der Waals surface area (Å²) in [6.45, 7) is -2.55. The van der Waals surface area contributed by atoms with E-state index < -0.39 is 18.4 Å². The molecular formula is C23H24F2N2O5. The van der Waals surface area contributed by atoms with E-state index in [1.54, 1.807) is 24.3 Å². The van der Waals surface area contributed by atoms with Gasteiger partial charge in [0, 0.05) is 12.1 Å². The van der Waals surface area contributed by atoms with E-state index in [-0.39, 0.29) is 24.6 Å². The molecule has 9 heteroatoms. The summed E-state index contributed by atoms with van der Waals surface area (Å²) in [6.07, 6.45) is 3.75. The number of rotatable bonds is 11. The summed E-state index contributed by atoms with van der Waals surface area (Å²) in [4.78, 5) is 25.1. The zero-order valence-electron chi connectivity index (χ0n) is 17.2. The van der Waals surface area contributed by atoms with E-state index in [1.807, 2.05) is 0 Å². The van der Waals surface area contributed by atoms with Gasteiger partial charge in [0.25, 0.3) is 11.8 Å². The molecule has 1 aliphatic rings. The number of carbonyl (C=O) groups is 2.